The molecule has 5 aromatic heterocycles. The topological polar surface area (TPSA) is 358 Å². The van der Waals surface area contributed by atoms with Crippen molar-refractivity contribution in [3.05, 3.63) is 218 Å². The number of nitrogens with one attached hydrogen (secondary N) is 2. The van der Waals surface area contributed by atoms with Crippen LogP contribution in [0.2, 0.25) is 0 Å². The van der Waals surface area contributed by atoms with E-state index in [1.165, 1.54) is 49.1 Å². The minimum atomic E-state index is -0.451. The number of aromatic nitrogens is 5. The van der Waals surface area contributed by atoms with Gasteiger partial charge < -0.3 is 28.8 Å². The number of fused-ring (bicyclic) bond motifs is 10. The Morgan fingerprint density at radius 2 is 0.905 bits per heavy atom. The number of nitrogens with two attached hydrogens (primary N) is 6. The van der Waals surface area contributed by atoms with Crippen LogP contribution in [0.5, 0.6) is 0 Å². The van der Waals surface area contributed by atoms with E-state index < -0.39 is 5.97 Å². The Hall–Kier alpha value is -9.39. The summed E-state index contributed by atoms with van der Waals surface area (Å²) in [6.45, 7) is 16.8. The highest BCUT2D eigenvalue weighted by molar-refractivity contribution is 7.23. The fraction of sp³-hybridized carbons (Fsp3) is 0.240. The molecule has 25 nitrogen and oxygen atoms in total. The van der Waals surface area contributed by atoms with Crippen LogP contribution in [0.3, 0.4) is 0 Å². The molecule has 5 heterocycles. The van der Waals surface area contributed by atoms with Crippen molar-refractivity contribution in [2.75, 3.05) is 111 Å². The van der Waals surface area contributed by atoms with E-state index in [1.54, 1.807) is 60.4 Å². The molecule has 0 spiro atoms. The van der Waals surface area contributed by atoms with Crippen molar-refractivity contribution < 1.29 is 38.4 Å². The summed E-state index contributed by atoms with van der Waals surface area (Å²) in [6.07, 6.45) is 3.37. The number of benzene rings is 8. The van der Waals surface area contributed by atoms with Crippen molar-refractivity contribution in [2.45, 2.75) is 26.3 Å². The van der Waals surface area contributed by atoms with Crippen LogP contribution in [0, 0.1) is 5.92 Å². The maximum absolute atomic E-state index is 11.2. The summed E-state index contributed by atoms with van der Waals surface area (Å²) in [7, 11) is 0. The molecule has 13 aromatic rings. The molecular formula is C75H87N17O8S5. The van der Waals surface area contributed by atoms with Gasteiger partial charge in [-0.25, -0.2) is 69.4 Å². The molecule has 15 N–H and O–H groups in total. The Bertz CT molecular complexity index is 4680. The number of nitrogen functional groups attached to an aromatic ring is 1. The number of nitrogens with zero attached hydrogens (tertiary/aromatic N) is 9. The van der Waals surface area contributed by atoms with E-state index in [9.17, 15) is 9.59 Å². The number of hydrazine groups is 6. The van der Waals surface area contributed by atoms with Crippen LogP contribution < -0.4 is 65.9 Å². The second-order valence-electron chi connectivity index (χ2n) is 23.1. The summed E-state index contributed by atoms with van der Waals surface area (Å²) in [4.78, 5) is 44.1. The Labute approximate surface area is 628 Å². The van der Waals surface area contributed by atoms with E-state index in [4.69, 9.17) is 63.8 Å². The first kappa shape index (κ1) is 79.7. The van der Waals surface area contributed by atoms with E-state index >= 15 is 0 Å². The number of esters is 1. The van der Waals surface area contributed by atoms with E-state index in [-0.39, 0.29) is 25.2 Å². The lowest BCUT2D eigenvalue weighted by atomic mass is 10.1. The third kappa shape index (κ3) is 23.3. The highest BCUT2D eigenvalue weighted by atomic mass is 32.1. The second-order valence-corrected chi connectivity index (χ2v) is 28.2. The highest BCUT2D eigenvalue weighted by Gasteiger charge is 2.27. The molecular weight excluding hydrogens is 1430 g/mol. The van der Waals surface area contributed by atoms with Gasteiger partial charge in [0.1, 0.15) is 6.61 Å². The van der Waals surface area contributed by atoms with Gasteiger partial charge in [0.15, 0.2) is 5.13 Å². The van der Waals surface area contributed by atoms with Gasteiger partial charge >= 0.3 is 5.97 Å². The molecule has 1 aliphatic carbocycles. The number of hydrogen-bond donors (Lipinski definition) is 9. The number of thiazole rings is 5. The number of carbonyl (C=O) groups excluding carboxylic acids is 2. The first-order chi connectivity index (χ1) is 51.2. The van der Waals surface area contributed by atoms with E-state index in [1.807, 2.05) is 103 Å². The number of aliphatic hydroxyl groups excluding tert-OH is 1. The molecule has 8 aromatic carbocycles. The minimum absolute atomic E-state index is 0.0359. The third-order valence-electron chi connectivity index (χ3n) is 15.4. The van der Waals surface area contributed by atoms with E-state index in [0.717, 1.165) is 97.0 Å². The number of amides is 1. The number of para-hydroxylation sites is 4. The molecule has 0 fully saturated rings. The SMILES string of the molecule is C=CC(=O)N(N)c1nc2ccccc2s1.C=CC(=O)OCCOCCOCCN(N)c1nc2ccccc2s1.CC(C)CCN(N)c1nc2ccccc2s1.NN(CCOCCOCCO)c1nc2ccccc2s1.NNC1c2ccccc2-c2ccccc21.NNc1nc2c(ccc3ccccc32)s1. The molecule has 550 valence electrons. The number of hydrogen-bond acceptors (Lipinski definition) is 29. The molecule has 0 unspecified atom stereocenters. The lowest BCUT2D eigenvalue weighted by Gasteiger charge is -2.15. The van der Waals surface area contributed by atoms with E-state index in [0.29, 0.717) is 77.0 Å². The van der Waals surface area contributed by atoms with Crippen LogP contribution in [-0.2, 0) is 33.3 Å². The largest absolute Gasteiger partial charge is 0.460 e. The first-order valence-electron chi connectivity index (χ1n) is 33.5. The second kappa shape index (κ2) is 41.9. The van der Waals surface area contributed by atoms with Crippen molar-refractivity contribution in [2.24, 2.45) is 41.0 Å². The Morgan fingerprint density at radius 3 is 1.36 bits per heavy atom. The van der Waals surface area contributed by atoms with Crippen molar-refractivity contribution in [1.29, 1.82) is 0 Å². The zero-order valence-corrected chi connectivity index (χ0v) is 62.4. The maximum atomic E-state index is 11.2. The summed E-state index contributed by atoms with van der Waals surface area (Å²) in [5.41, 5.74) is 15.4. The summed E-state index contributed by atoms with van der Waals surface area (Å²) < 4.78 is 31.5. The van der Waals surface area contributed by atoms with E-state index in [2.05, 4.69) is 142 Å². The van der Waals surface area contributed by atoms with Gasteiger partial charge in [-0.05, 0) is 101 Å². The highest BCUT2D eigenvalue weighted by Crippen LogP contribution is 2.43. The van der Waals surface area contributed by atoms with Crippen molar-refractivity contribution in [3.63, 3.8) is 0 Å². The van der Waals surface area contributed by atoms with Crippen LogP contribution in [0.15, 0.2) is 207 Å². The van der Waals surface area contributed by atoms with Crippen molar-refractivity contribution in [1.82, 2.24) is 30.3 Å². The van der Waals surface area contributed by atoms with Crippen molar-refractivity contribution in [3.8, 4) is 11.1 Å². The number of rotatable bonds is 28. The Kier molecular flexibility index (Phi) is 31.8. The Morgan fingerprint density at radius 1 is 0.486 bits per heavy atom. The Balaban J connectivity index is 0.000000147. The summed E-state index contributed by atoms with van der Waals surface area (Å²) >= 11 is 7.69. The zero-order chi connectivity index (χ0) is 74.3. The zero-order valence-electron chi connectivity index (χ0n) is 58.3. The summed E-state index contributed by atoms with van der Waals surface area (Å²) in [6, 6.07) is 60.9. The van der Waals surface area contributed by atoms with Crippen LogP contribution in [0.1, 0.15) is 37.4 Å². The van der Waals surface area contributed by atoms with Gasteiger partial charge in [0.25, 0.3) is 5.91 Å². The van der Waals surface area contributed by atoms with Crippen LogP contribution in [-0.4, -0.2) is 128 Å². The average Bonchev–Trinajstić information content (AvgIpc) is 1.58. The number of ether oxygens (including phenoxy) is 5. The molecule has 105 heavy (non-hydrogen) atoms. The monoisotopic (exact) mass is 1510 g/mol. The molecule has 1 aliphatic rings. The lowest BCUT2D eigenvalue weighted by molar-refractivity contribution is -0.139. The van der Waals surface area contributed by atoms with Crippen LogP contribution in [0.4, 0.5) is 25.7 Å². The number of anilines is 5. The van der Waals surface area contributed by atoms with Gasteiger partial charge in [-0.3, -0.25) is 31.1 Å². The normalized spacial score (nSPS) is 11.3. The van der Waals surface area contributed by atoms with Gasteiger partial charge in [0.2, 0.25) is 20.5 Å². The molecule has 0 saturated heterocycles. The molecule has 14 rings (SSSR count). The number of aliphatic hydroxyl groups is 1. The molecule has 0 saturated carbocycles. The molecule has 0 radical (unpaired) electrons. The predicted molar refractivity (Wildman–Crippen MR) is 432 cm³/mol. The fourth-order valence-electron chi connectivity index (χ4n) is 10.1. The van der Waals surface area contributed by atoms with Gasteiger partial charge in [-0.15, -0.1) is 0 Å². The third-order valence-corrected chi connectivity index (χ3v) is 20.6. The molecule has 30 heteroatoms. The molecule has 0 bridgehead atoms. The standard InChI is InChI=1S/C16H21N3O4S.C13H19N3O3S.C13H12N2.C12H17N3S.C11H9N3S.C10H9N3OS/c1-2-15(20)23-12-11-22-10-9-21-8-7-19(17)16-18-13-5-3-4-6-14(13)24-16;14-16(5-7-18-9-10-19-8-6-17)13-15-11-3-1-2-4-12(11)20-13;14-15-13-11-7-3-1-5-9(11)10-6-2-4-8-12(10)13;1-9(2)7-8-15(13)12-14-10-5-3-4-6-11(10)16-12;12-14-11-13-10-8-4-2-1-3-7(8)5-6-9(10)15-11;1-2-9(14)13(11)10-12-7-5-3-4-6-8(7)15-10/h2-6H,1,7-12,17H2;1-4,17H,5-10,14H2;1-8,13,15H,14H2;3-6,9H,7-8,13H2,1-2H3;1-6H,12H2,(H,13,14);2-6H,1,11H2. The van der Waals surface area contributed by atoms with Gasteiger partial charge in [0, 0.05) is 18.0 Å². The quantitative estimate of drug-likeness (QED) is 0.00549. The molecule has 0 aliphatic heterocycles. The first-order valence-corrected chi connectivity index (χ1v) is 37.6. The van der Waals surface area contributed by atoms with Gasteiger partial charge in [0.05, 0.1) is 130 Å². The fourth-order valence-corrected chi connectivity index (χ4v) is 14.6. The smallest absolute Gasteiger partial charge is 0.330 e. The average molecular weight is 1510 g/mol. The number of carbonyl (C=O) groups is 2. The predicted octanol–water partition coefficient (Wildman–Crippen LogP) is 12.4. The van der Waals surface area contributed by atoms with Gasteiger partial charge in [-0.2, -0.15) is 0 Å². The minimum Gasteiger partial charge on any atom is -0.460 e. The van der Waals surface area contributed by atoms with Crippen molar-refractivity contribution >= 4 is 156 Å². The molecule has 0 atom stereocenters. The maximum Gasteiger partial charge on any atom is 0.330 e. The van der Waals surface area contributed by atoms with Gasteiger partial charge in [-0.1, -0.05) is 211 Å². The molecule has 1 amide bonds. The lowest BCUT2D eigenvalue weighted by Crippen LogP contribution is -2.35. The van der Waals surface area contributed by atoms with Crippen LogP contribution in [0.25, 0.3) is 73.0 Å². The van der Waals surface area contributed by atoms with Crippen LogP contribution >= 0.6 is 56.7 Å². The summed E-state index contributed by atoms with van der Waals surface area (Å²) in [5.74, 6) is 34.3. The summed E-state index contributed by atoms with van der Waals surface area (Å²) in [5, 5.41) is 20.5.